The summed E-state index contributed by atoms with van der Waals surface area (Å²) >= 11 is 0. The average Bonchev–Trinajstić information content (AvgIpc) is 1.95. The minimum Gasteiger partial charge on any atom is -0.481 e. The molecule has 0 spiro atoms. The van der Waals surface area contributed by atoms with Crippen molar-refractivity contribution in [3.05, 3.63) is 0 Å². The Bertz CT molecular complexity index is 136. The number of carboxylic acid groups (broad SMARTS) is 1. The fourth-order valence-electron chi connectivity index (χ4n) is 0.509. The van der Waals surface area contributed by atoms with Crippen molar-refractivity contribution >= 4 is 11.9 Å². The van der Waals surface area contributed by atoms with Gasteiger partial charge in [-0.3, -0.25) is 9.59 Å². The second-order valence-electron chi connectivity index (χ2n) is 2.16. The van der Waals surface area contributed by atoms with E-state index in [0.29, 0.717) is 13.0 Å². The molecule has 0 amide bonds. The highest BCUT2D eigenvalue weighted by Crippen LogP contribution is 1.90. The topological polar surface area (TPSA) is 72.8 Å². The summed E-state index contributed by atoms with van der Waals surface area (Å²) < 4.78 is 9.23. The van der Waals surface area contributed by atoms with Crippen molar-refractivity contribution in [2.75, 3.05) is 13.4 Å². The zero-order chi connectivity index (χ0) is 9.40. The first-order valence-corrected chi connectivity index (χ1v) is 3.56. The zero-order valence-electron chi connectivity index (χ0n) is 6.91. The van der Waals surface area contributed by atoms with E-state index < -0.39 is 11.9 Å². The Morgan fingerprint density at radius 2 is 2.08 bits per heavy atom. The van der Waals surface area contributed by atoms with Gasteiger partial charge >= 0.3 is 11.9 Å². The summed E-state index contributed by atoms with van der Waals surface area (Å²) in [6, 6.07) is 0. The molecule has 0 aromatic heterocycles. The molecule has 0 fully saturated rings. The lowest BCUT2D eigenvalue weighted by Crippen LogP contribution is -2.06. The molecule has 0 unspecified atom stereocenters. The Balaban J connectivity index is 3.01. The molecule has 0 aromatic rings. The number of esters is 1. The minimum atomic E-state index is -0.855. The first-order valence-electron chi connectivity index (χ1n) is 3.56. The van der Waals surface area contributed by atoms with Crippen LogP contribution in [0, 0.1) is 0 Å². The fraction of sp³-hybridized carbons (Fsp3) is 0.714. The van der Waals surface area contributed by atoms with Crippen LogP contribution in [0.3, 0.4) is 0 Å². The molecule has 0 heterocycles. The van der Waals surface area contributed by atoms with E-state index in [1.54, 1.807) is 0 Å². The van der Waals surface area contributed by atoms with Crippen LogP contribution in [0.2, 0.25) is 0 Å². The van der Waals surface area contributed by atoms with Gasteiger partial charge in [0.15, 0.2) is 6.79 Å². The van der Waals surface area contributed by atoms with Gasteiger partial charge in [0.25, 0.3) is 0 Å². The summed E-state index contributed by atoms with van der Waals surface area (Å²) in [5, 5.41) is 8.22. The van der Waals surface area contributed by atoms with E-state index in [4.69, 9.17) is 9.84 Å². The molecular weight excluding hydrogens is 164 g/mol. The molecule has 0 atom stereocenters. The summed E-state index contributed by atoms with van der Waals surface area (Å²) in [6.45, 7) is 1.47. The van der Waals surface area contributed by atoms with Gasteiger partial charge in [-0.2, -0.15) is 0 Å². The molecule has 0 aliphatic rings. The zero-order valence-corrected chi connectivity index (χ0v) is 6.91. The quantitative estimate of drug-likeness (QED) is 0.360. The smallest absolute Gasteiger partial charge is 0.304 e. The highest BCUT2D eigenvalue weighted by molar-refractivity contribution is 5.66. The lowest BCUT2D eigenvalue weighted by molar-refractivity contribution is -0.154. The Hall–Kier alpha value is -1.10. The van der Waals surface area contributed by atoms with Gasteiger partial charge in [0, 0.05) is 13.3 Å². The lowest BCUT2D eigenvalue weighted by Gasteiger charge is -2.01. The van der Waals surface area contributed by atoms with E-state index in [9.17, 15) is 9.59 Å². The Kier molecular flexibility index (Phi) is 6.00. The number of rotatable bonds is 6. The molecule has 0 saturated carbocycles. The summed E-state index contributed by atoms with van der Waals surface area (Å²) in [6.07, 6.45) is 0.497. The van der Waals surface area contributed by atoms with Crippen molar-refractivity contribution in [3.8, 4) is 0 Å². The third-order valence-electron chi connectivity index (χ3n) is 1.02. The van der Waals surface area contributed by atoms with Crippen molar-refractivity contribution in [2.24, 2.45) is 0 Å². The van der Waals surface area contributed by atoms with Crippen LogP contribution in [0.1, 0.15) is 19.8 Å². The number of carbonyl (C=O) groups excluding carboxylic acids is 1. The van der Waals surface area contributed by atoms with E-state index in [1.807, 2.05) is 0 Å². The molecule has 0 saturated heterocycles. The summed E-state index contributed by atoms with van der Waals surface area (Å²) in [5.74, 6) is -1.26. The van der Waals surface area contributed by atoms with Gasteiger partial charge in [-0.1, -0.05) is 0 Å². The van der Waals surface area contributed by atoms with Crippen molar-refractivity contribution in [1.82, 2.24) is 0 Å². The number of ether oxygens (including phenoxy) is 2. The van der Waals surface area contributed by atoms with Crippen LogP contribution >= 0.6 is 0 Å². The average molecular weight is 176 g/mol. The maximum atomic E-state index is 10.2. The van der Waals surface area contributed by atoms with Crippen LogP contribution in [-0.2, 0) is 19.1 Å². The van der Waals surface area contributed by atoms with Gasteiger partial charge in [0.1, 0.15) is 0 Å². The van der Waals surface area contributed by atoms with Gasteiger partial charge in [-0.05, 0) is 6.42 Å². The van der Waals surface area contributed by atoms with Crippen LogP contribution in [0.5, 0.6) is 0 Å². The van der Waals surface area contributed by atoms with E-state index in [0.717, 1.165) is 0 Å². The predicted octanol–water partition coefficient (Wildman–Crippen LogP) is 0.388. The summed E-state index contributed by atoms with van der Waals surface area (Å²) in [5.41, 5.74) is 0. The highest BCUT2D eigenvalue weighted by Gasteiger charge is 1.96. The molecule has 0 aliphatic carbocycles. The second-order valence-corrected chi connectivity index (χ2v) is 2.16. The number of hydrogen-bond acceptors (Lipinski definition) is 4. The summed E-state index contributed by atoms with van der Waals surface area (Å²) in [7, 11) is 0. The third-order valence-corrected chi connectivity index (χ3v) is 1.02. The molecule has 0 rings (SSSR count). The van der Waals surface area contributed by atoms with Crippen molar-refractivity contribution in [3.63, 3.8) is 0 Å². The first kappa shape index (κ1) is 10.9. The molecule has 1 N–H and O–H groups in total. The SMILES string of the molecule is CC(=O)OCOCCCC(=O)O. The van der Waals surface area contributed by atoms with Gasteiger partial charge in [0.05, 0.1) is 6.61 Å². The first-order chi connectivity index (χ1) is 5.63. The number of hydrogen-bond donors (Lipinski definition) is 1. The molecule has 0 radical (unpaired) electrons. The monoisotopic (exact) mass is 176 g/mol. The fourth-order valence-corrected chi connectivity index (χ4v) is 0.509. The largest absolute Gasteiger partial charge is 0.481 e. The Labute approximate surface area is 70.3 Å². The number of carboxylic acids is 1. The molecule has 70 valence electrons. The molecule has 0 aliphatic heterocycles. The molecule has 5 nitrogen and oxygen atoms in total. The summed E-state index contributed by atoms with van der Waals surface area (Å²) in [4.78, 5) is 20.2. The Morgan fingerprint density at radius 1 is 1.42 bits per heavy atom. The normalized spacial score (nSPS) is 9.42. The van der Waals surface area contributed by atoms with Crippen LogP contribution < -0.4 is 0 Å². The molecule has 0 aromatic carbocycles. The van der Waals surface area contributed by atoms with E-state index in [1.165, 1.54) is 6.92 Å². The van der Waals surface area contributed by atoms with Gasteiger partial charge in [-0.25, -0.2) is 0 Å². The van der Waals surface area contributed by atoms with Crippen LogP contribution in [0.25, 0.3) is 0 Å². The maximum Gasteiger partial charge on any atom is 0.304 e. The number of aliphatic carboxylic acids is 1. The molecule has 5 heteroatoms. The van der Waals surface area contributed by atoms with Crippen LogP contribution in [-0.4, -0.2) is 30.4 Å². The van der Waals surface area contributed by atoms with Gasteiger partial charge in [0.2, 0.25) is 0 Å². The van der Waals surface area contributed by atoms with E-state index >= 15 is 0 Å². The van der Waals surface area contributed by atoms with Crippen molar-refractivity contribution in [1.29, 1.82) is 0 Å². The van der Waals surface area contributed by atoms with E-state index in [2.05, 4.69) is 4.74 Å². The van der Waals surface area contributed by atoms with Crippen LogP contribution in [0.15, 0.2) is 0 Å². The second kappa shape index (κ2) is 6.60. The predicted molar refractivity (Wildman–Crippen MR) is 39.5 cm³/mol. The molecule has 0 bridgehead atoms. The van der Waals surface area contributed by atoms with Gasteiger partial charge < -0.3 is 14.6 Å². The molecule has 12 heavy (non-hydrogen) atoms. The van der Waals surface area contributed by atoms with E-state index in [-0.39, 0.29) is 13.2 Å². The third kappa shape index (κ3) is 8.90. The van der Waals surface area contributed by atoms with Crippen LogP contribution in [0.4, 0.5) is 0 Å². The lowest BCUT2D eigenvalue weighted by atomic mass is 10.3. The van der Waals surface area contributed by atoms with Gasteiger partial charge in [-0.15, -0.1) is 0 Å². The molecular formula is C7H12O5. The minimum absolute atomic E-state index is 0.0695. The standard InChI is InChI=1S/C7H12O5/c1-6(8)12-5-11-4-2-3-7(9)10/h2-5H2,1H3,(H,9,10). The van der Waals surface area contributed by atoms with Crippen molar-refractivity contribution in [2.45, 2.75) is 19.8 Å². The van der Waals surface area contributed by atoms with Crippen molar-refractivity contribution < 1.29 is 24.2 Å². The highest BCUT2D eigenvalue weighted by atomic mass is 16.7. The Morgan fingerprint density at radius 3 is 2.58 bits per heavy atom. The maximum absolute atomic E-state index is 10.2. The number of carbonyl (C=O) groups is 2.